The quantitative estimate of drug-likeness (QED) is 0.826. The highest BCUT2D eigenvalue weighted by atomic mass is 35.5. The number of nitrogens with zero attached hydrogens (tertiary/aromatic N) is 1. The molecule has 2 heterocycles. The van der Waals surface area contributed by atoms with Crippen molar-refractivity contribution in [2.45, 2.75) is 32.7 Å². The van der Waals surface area contributed by atoms with Gasteiger partial charge in [-0.2, -0.15) is 0 Å². The van der Waals surface area contributed by atoms with Crippen LogP contribution in [0.15, 0.2) is 18.2 Å². The predicted molar refractivity (Wildman–Crippen MR) is 85.0 cm³/mol. The Morgan fingerprint density at radius 1 is 1.52 bits per heavy atom. The fourth-order valence-electron chi connectivity index (χ4n) is 2.42. The van der Waals surface area contributed by atoms with Gasteiger partial charge < -0.3 is 15.4 Å². The second-order valence-electron chi connectivity index (χ2n) is 5.69. The first-order valence-electron chi connectivity index (χ1n) is 7.35. The average Bonchev–Trinajstić information content (AvgIpc) is 2.51. The lowest BCUT2D eigenvalue weighted by Crippen LogP contribution is -2.48. The fourth-order valence-corrected chi connectivity index (χ4v) is 2.42. The van der Waals surface area contributed by atoms with Crippen molar-refractivity contribution in [3.05, 3.63) is 23.9 Å². The largest absolute Gasteiger partial charge is 0.472 e. The van der Waals surface area contributed by atoms with E-state index in [2.05, 4.69) is 15.6 Å². The molecule has 1 unspecified atom stereocenters. The number of hydrogen-bond donors (Lipinski definition) is 2. The molecule has 5 nitrogen and oxygen atoms in total. The molecule has 0 radical (unpaired) electrons. The number of carbonyl (C=O) groups excluding carboxylic acids is 1. The van der Waals surface area contributed by atoms with E-state index in [0.717, 1.165) is 19.4 Å². The number of alkyl halides is 2. The molecule has 1 aliphatic rings. The molecule has 0 spiro atoms. The Bertz CT molecular complexity index is 511. The van der Waals surface area contributed by atoms with Crippen LogP contribution in [0.5, 0.6) is 5.88 Å². The molecule has 2 N–H and O–H groups in total. The zero-order chi connectivity index (χ0) is 16.0. The molecule has 1 aromatic heterocycles. The standard InChI is InChI=1S/C15H21F2N3O2.ClH/c1-15(6-3-7-18-10-15)14(21)19-8-11-4-2-5-13(20-11)22-9-12(16)17;/h2,4-5,12,18H,3,6-10H2,1H3,(H,19,21);1H. The Hall–Kier alpha value is -1.47. The summed E-state index contributed by atoms with van der Waals surface area (Å²) in [6.45, 7) is 3.09. The number of hydrogen-bond acceptors (Lipinski definition) is 4. The van der Waals surface area contributed by atoms with E-state index in [1.807, 2.05) is 6.92 Å². The topological polar surface area (TPSA) is 63.2 Å². The van der Waals surface area contributed by atoms with Gasteiger partial charge in [0.1, 0.15) is 0 Å². The van der Waals surface area contributed by atoms with Crippen molar-refractivity contribution in [2.75, 3.05) is 19.7 Å². The van der Waals surface area contributed by atoms with Gasteiger partial charge in [0.15, 0.2) is 6.61 Å². The minimum absolute atomic E-state index is 0. The first-order chi connectivity index (χ1) is 10.5. The Balaban J connectivity index is 0.00000264. The van der Waals surface area contributed by atoms with E-state index in [9.17, 15) is 13.6 Å². The summed E-state index contributed by atoms with van der Waals surface area (Å²) in [5, 5.41) is 6.08. The van der Waals surface area contributed by atoms with E-state index in [1.165, 1.54) is 6.07 Å². The molecule has 1 aromatic rings. The Morgan fingerprint density at radius 2 is 2.30 bits per heavy atom. The van der Waals surface area contributed by atoms with E-state index in [0.29, 0.717) is 12.2 Å². The molecule has 0 aromatic carbocycles. The van der Waals surface area contributed by atoms with Gasteiger partial charge in [-0.1, -0.05) is 6.07 Å². The first kappa shape index (κ1) is 19.6. The van der Waals surface area contributed by atoms with E-state index in [1.54, 1.807) is 12.1 Å². The van der Waals surface area contributed by atoms with Crippen LogP contribution in [0, 0.1) is 5.41 Å². The normalized spacial score (nSPS) is 20.7. The van der Waals surface area contributed by atoms with Gasteiger partial charge in [-0.25, -0.2) is 13.8 Å². The lowest BCUT2D eigenvalue weighted by molar-refractivity contribution is -0.131. The van der Waals surface area contributed by atoms with Gasteiger partial charge in [-0.3, -0.25) is 4.79 Å². The number of aromatic nitrogens is 1. The second-order valence-corrected chi connectivity index (χ2v) is 5.69. The SMILES string of the molecule is CC1(C(=O)NCc2cccc(OCC(F)F)n2)CCCNC1.Cl. The van der Waals surface area contributed by atoms with Crippen molar-refractivity contribution in [1.29, 1.82) is 0 Å². The molecule has 1 atom stereocenters. The van der Waals surface area contributed by atoms with Crippen LogP contribution in [0.2, 0.25) is 0 Å². The average molecular weight is 350 g/mol. The summed E-state index contributed by atoms with van der Waals surface area (Å²) < 4.78 is 29.1. The molecule has 8 heteroatoms. The van der Waals surface area contributed by atoms with Gasteiger partial charge in [0.25, 0.3) is 6.43 Å². The van der Waals surface area contributed by atoms with Gasteiger partial charge in [-0.05, 0) is 32.4 Å². The molecule has 130 valence electrons. The number of pyridine rings is 1. The number of amides is 1. The van der Waals surface area contributed by atoms with Crippen molar-refractivity contribution in [3.63, 3.8) is 0 Å². The van der Waals surface area contributed by atoms with Crippen molar-refractivity contribution in [1.82, 2.24) is 15.6 Å². The Labute approximate surface area is 140 Å². The number of ether oxygens (including phenoxy) is 1. The highest BCUT2D eigenvalue weighted by molar-refractivity contribution is 5.85. The zero-order valence-corrected chi connectivity index (χ0v) is 13.8. The van der Waals surface area contributed by atoms with Crippen LogP contribution in [0.3, 0.4) is 0 Å². The van der Waals surface area contributed by atoms with Crippen molar-refractivity contribution >= 4 is 18.3 Å². The molecular weight excluding hydrogens is 328 g/mol. The maximum Gasteiger partial charge on any atom is 0.272 e. The molecular formula is C15H22ClF2N3O2. The lowest BCUT2D eigenvalue weighted by Gasteiger charge is -2.32. The van der Waals surface area contributed by atoms with Crippen LogP contribution in [0.4, 0.5) is 8.78 Å². The molecule has 0 aliphatic carbocycles. The predicted octanol–water partition coefficient (Wildman–Crippen LogP) is 2.15. The van der Waals surface area contributed by atoms with Gasteiger partial charge in [0.05, 0.1) is 17.7 Å². The van der Waals surface area contributed by atoms with E-state index < -0.39 is 18.4 Å². The molecule has 1 saturated heterocycles. The van der Waals surface area contributed by atoms with Gasteiger partial charge in [0.2, 0.25) is 11.8 Å². The van der Waals surface area contributed by atoms with Crippen LogP contribution >= 0.6 is 12.4 Å². The molecule has 1 fully saturated rings. The monoisotopic (exact) mass is 349 g/mol. The van der Waals surface area contributed by atoms with Crippen molar-refractivity contribution in [2.24, 2.45) is 5.41 Å². The summed E-state index contributed by atoms with van der Waals surface area (Å²) in [4.78, 5) is 16.4. The fraction of sp³-hybridized carbons (Fsp3) is 0.600. The second kappa shape index (κ2) is 8.98. The van der Waals surface area contributed by atoms with E-state index >= 15 is 0 Å². The van der Waals surface area contributed by atoms with Gasteiger partial charge >= 0.3 is 0 Å². The van der Waals surface area contributed by atoms with Crippen molar-refractivity contribution in [3.8, 4) is 5.88 Å². The highest BCUT2D eigenvalue weighted by Gasteiger charge is 2.34. The number of nitrogens with one attached hydrogen (secondary N) is 2. The summed E-state index contributed by atoms with van der Waals surface area (Å²) in [7, 11) is 0. The maximum absolute atomic E-state index is 12.3. The summed E-state index contributed by atoms with van der Waals surface area (Å²) in [6.07, 6.45) is -0.723. The minimum Gasteiger partial charge on any atom is -0.472 e. The van der Waals surface area contributed by atoms with E-state index in [4.69, 9.17) is 4.74 Å². The molecule has 0 bridgehead atoms. The van der Waals surface area contributed by atoms with Crippen LogP contribution < -0.4 is 15.4 Å². The third-order valence-corrected chi connectivity index (χ3v) is 3.71. The number of rotatable bonds is 6. The summed E-state index contributed by atoms with van der Waals surface area (Å²) >= 11 is 0. The number of halogens is 3. The third kappa shape index (κ3) is 5.91. The summed E-state index contributed by atoms with van der Waals surface area (Å²) in [5.74, 6) is 0.109. The number of carbonyl (C=O) groups is 1. The lowest BCUT2D eigenvalue weighted by atomic mass is 9.82. The van der Waals surface area contributed by atoms with Crippen LogP contribution in [0.1, 0.15) is 25.5 Å². The first-order valence-corrected chi connectivity index (χ1v) is 7.35. The summed E-state index contributed by atoms with van der Waals surface area (Å²) in [6, 6.07) is 4.90. The van der Waals surface area contributed by atoms with Gasteiger partial charge in [0, 0.05) is 12.6 Å². The molecule has 23 heavy (non-hydrogen) atoms. The Morgan fingerprint density at radius 3 is 2.96 bits per heavy atom. The van der Waals surface area contributed by atoms with Crippen LogP contribution in [-0.2, 0) is 11.3 Å². The Kier molecular flexibility index (Phi) is 7.64. The molecule has 1 aliphatic heterocycles. The smallest absolute Gasteiger partial charge is 0.272 e. The van der Waals surface area contributed by atoms with Crippen LogP contribution in [0.25, 0.3) is 0 Å². The molecule has 0 saturated carbocycles. The molecule has 1 amide bonds. The summed E-state index contributed by atoms with van der Waals surface area (Å²) in [5.41, 5.74) is 0.162. The maximum atomic E-state index is 12.3. The molecule has 2 rings (SSSR count). The minimum atomic E-state index is -2.54. The van der Waals surface area contributed by atoms with Gasteiger partial charge in [-0.15, -0.1) is 12.4 Å². The highest BCUT2D eigenvalue weighted by Crippen LogP contribution is 2.25. The van der Waals surface area contributed by atoms with Crippen molar-refractivity contribution < 1.29 is 18.3 Å². The van der Waals surface area contributed by atoms with Crippen LogP contribution in [-0.4, -0.2) is 37.0 Å². The number of piperidine rings is 1. The van der Waals surface area contributed by atoms with E-state index in [-0.39, 0.29) is 30.7 Å². The zero-order valence-electron chi connectivity index (χ0n) is 13.0. The third-order valence-electron chi connectivity index (χ3n) is 3.71.